The van der Waals surface area contributed by atoms with E-state index in [2.05, 4.69) is 4.98 Å². The molecule has 3 rings (SSSR count). The Hall–Kier alpha value is -1.45. The molecule has 1 atom stereocenters. The number of hydrogen-bond donors (Lipinski definition) is 1. The van der Waals surface area contributed by atoms with Gasteiger partial charge in [0.25, 0.3) is 0 Å². The van der Waals surface area contributed by atoms with Crippen molar-refractivity contribution in [2.75, 3.05) is 7.11 Å². The Morgan fingerprint density at radius 2 is 2.11 bits per heavy atom. The molecule has 2 aromatic rings. The van der Waals surface area contributed by atoms with E-state index in [0.29, 0.717) is 6.42 Å². The summed E-state index contributed by atoms with van der Waals surface area (Å²) in [6.45, 7) is 0. The van der Waals surface area contributed by atoms with Gasteiger partial charge in [-0.1, -0.05) is 24.3 Å². The molecule has 1 saturated carbocycles. The highest BCUT2D eigenvalue weighted by Crippen LogP contribution is 2.42. The third-order valence-corrected chi connectivity index (χ3v) is 4.32. The van der Waals surface area contributed by atoms with Crippen LogP contribution in [0.2, 0.25) is 0 Å². The van der Waals surface area contributed by atoms with Crippen molar-refractivity contribution in [2.45, 2.75) is 37.4 Å². The van der Waals surface area contributed by atoms with Crippen LogP contribution in [0.3, 0.4) is 0 Å². The molecule has 100 valence electrons. The maximum absolute atomic E-state index is 10.5. The van der Waals surface area contributed by atoms with Crippen molar-refractivity contribution in [3.8, 4) is 0 Å². The highest BCUT2D eigenvalue weighted by Gasteiger charge is 2.39. The smallest absolute Gasteiger partial charge is 0.0838 e. The fourth-order valence-corrected chi connectivity index (χ4v) is 2.93. The fraction of sp³-hybridized carbons (Fsp3) is 0.438. The van der Waals surface area contributed by atoms with Crippen LogP contribution >= 0.6 is 0 Å². The molecule has 0 spiro atoms. The van der Waals surface area contributed by atoms with Crippen molar-refractivity contribution in [1.29, 1.82) is 0 Å². The molecule has 1 N–H and O–H groups in total. The van der Waals surface area contributed by atoms with Gasteiger partial charge in [0.05, 0.1) is 11.7 Å². The predicted octanol–water partition coefficient (Wildman–Crippen LogP) is 3.23. The van der Waals surface area contributed by atoms with Crippen LogP contribution in [0.1, 0.15) is 37.4 Å². The lowest BCUT2D eigenvalue weighted by atomic mass is 9.75. The number of fused-ring (bicyclic) bond motifs is 1. The van der Waals surface area contributed by atoms with Crippen molar-refractivity contribution in [3.05, 3.63) is 42.2 Å². The molecule has 1 heterocycles. The molecule has 1 aliphatic carbocycles. The average Bonchev–Trinajstić information content (AvgIpc) is 2.42. The van der Waals surface area contributed by atoms with E-state index in [1.165, 1.54) is 6.42 Å². The largest absolute Gasteiger partial charge is 0.388 e. The highest BCUT2D eigenvalue weighted by atomic mass is 16.5. The molecule has 0 bridgehead atoms. The monoisotopic (exact) mass is 257 g/mol. The van der Waals surface area contributed by atoms with Gasteiger partial charge >= 0.3 is 0 Å². The lowest BCUT2D eigenvalue weighted by Gasteiger charge is -2.42. The Labute approximate surface area is 113 Å². The van der Waals surface area contributed by atoms with Gasteiger partial charge in [-0.3, -0.25) is 4.98 Å². The zero-order valence-corrected chi connectivity index (χ0v) is 11.2. The molecule has 19 heavy (non-hydrogen) atoms. The molecule has 1 unspecified atom stereocenters. The Kier molecular flexibility index (Phi) is 3.25. The van der Waals surface area contributed by atoms with Crippen LogP contribution in [-0.4, -0.2) is 22.8 Å². The Morgan fingerprint density at radius 1 is 1.32 bits per heavy atom. The van der Waals surface area contributed by atoms with E-state index in [-0.39, 0.29) is 5.60 Å². The van der Waals surface area contributed by atoms with Gasteiger partial charge in [-0.15, -0.1) is 0 Å². The van der Waals surface area contributed by atoms with Crippen LogP contribution in [0, 0.1) is 0 Å². The normalized spacial score (nSPS) is 19.1. The van der Waals surface area contributed by atoms with Gasteiger partial charge in [-0.25, -0.2) is 0 Å². The summed E-state index contributed by atoms with van der Waals surface area (Å²) in [5.74, 6) is 0. The number of nitrogens with zero attached hydrogens (tertiary/aromatic N) is 1. The second-order valence-electron chi connectivity index (χ2n) is 5.41. The van der Waals surface area contributed by atoms with E-state index in [9.17, 15) is 5.11 Å². The fourth-order valence-electron chi connectivity index (χ4n) is 2.93. The lowest BCUT2D eigenvalue weighted by Crippen LogP contribution is -2.40. The minimum absolute atomic E-state index is 0.129. The molecule has 1 aromatic carbocycles. The molecule has 1 aliphatic rings. The summed E-state index contributed by atoms with van der Waals surface area (Å²) in [6.07, 6.45) is 7.01. The van der Waals surface area contributed by atoms with Gasteiger partial charge in [0.15, 0.2) is 0 Å². The standard InChI is InChI=1S/C16H19NO2/c1-19-16(7-4-8-16)9-15(18)14-11-17-10-12-5-2-3-6-13(12)14/h2-3,5-6,10-11,15,18H,4,7-9H2,1H3. The number of aliphatic hydroxyl groups excluding tert-OH is 1. The molecule has 3 nitrogen and oxygen atoms in total. The van der Waals surface area contributed by atoms with Gasteiger partial charge in [0.1, 0.15) is 0 Å². The molecule has 0 saturated heterocycles. The first-order valence-electron chi connectivity index (χ1n) is 6.80. The van der Waals surface area contributed by atoms with Crippen LogP contribution in [-0.2, 0) is 4.74 Å². The van der Waals surface area contributed by atoms with Crippen LogP contribution in [0.5, 0.6) is 0 Å². The summed E-state index contributed by atoms with van der Waals surface area (Å²) < 4.78 is 5.60. The molecular weight excluding hydrogens is 238 g/mol. The quantitative estimate of drug-likeness (QED) is 0.914. The van der Waals surface area contributed by atoms with E-state index in [1.54, 1.807) is 13.3 Å². The molecule has 0 amide bonds. The highest BCUT2D eigenvalue weighted by molar-refractivity contribution is 5.84. The van der Waals surface area contributed by atoms with E-state index in [4.69, 9.17) is 4.74 Å². The number of hydrogen-bond acceptors (Lipinski definition) is 3. The van der Waals surface area contributed by atoms with Crippen LogP contribution in [0.15, 0.2) is 36.7 Å². The first kappa shape index (κ1) is 12.6. The predicted molar refractivity (Wildman–Crippen MR) is 74.9 cm³/mol. The van der Waals surface area contributed by atoms with Gasteiger partial charge in [0, 0.05) is 36.9 Å². The summed E-state index contributed by atoms with van der Waals surface area (Å²) in [5, 5.41) is 12.7. The van der Waals surface area contributed by atoms with Crippen LogP contribution in [0.4, 0.5) is 0 Å². The van der Waals surface area contributed by atoms with E-state index in [0.717, 1.165) is 29.2 Å². The number of aromatic nitrogens is 1. The van der Waals surface area contributed by atoms with Crippen molar-refractivity contribution in [2.24, 2.45) is 0 Å². The third-order valence-electron chi connectivity index (χ3n) is 4.32. The maximum Gasteiger partial charge on any atom is 0.0838 e. The maximum atomic E-state index is 10.5. The van der Waals surface area contributed by atoms with Gasteiger partial charge in [-0.2, -0.15) is 0 Å². The zero-order chi connectivity index (χ0) is 13.3. The van der Waals surface area contributed by atoms with Gasteiger partial charge in [-0.05, 0) is 24.6 Å². The molecule has 0 radical (unpaired) electrons. The molecular formula is C16H19NO2. The zero-order valence-electron chi connectivity index (χ0n) is 11.2. The van der Waals surface area contributed by atoms with Crippen LogP contribution < -0.4 is 0 Å². The number of benzene rings is 1. The van der Waals surface area contributed by atoms with E-state index in [1.807, 2.05) is 30.5 Å². The molecule has 3 heteroatoms. The topological polar surface area (TPSA) is 42.4 Å². The lowest BCUT2D eigenvalue weighted by molar-refractivity contribution is -0.0997. The molecule has 0 aliphatic heterocycles. The Bertz CT molecular complexity index is 567. The van der Waals surface area contributed by atoms with Crippen molar-refractivity contribution >= 4 is 10.8 Å². The van der Waals surface area contributed by atoms with E-state index >= 15 is 0 Å². The van der Waals surface area contributed by atoms with Gasteiger partial charge < -0.3 is 9.84 Å². The average molecular weight is 257 g/mol. The first-order valence-corrected chi connectivity index (χ1v) is 6.80. The number of rotatable bonds is 4. The summed E-state index contributed by atoms with van der Waals surface area (Å²) in [7, 11) is 1.74. The molecule has 1 fully saturated rings. The summed E-state index contributed by atoms with van der Waals surface area (Å²) in [6, 6.07) is 8.04. The van der Waals surface area contributed by atoms with Crippen LogP contribution in [0.25, 0.3) is 10.8 Å². The number of pyridine rings is 1. The minimum atomic E-state index is -0.515. The molecule has 1 aromatic heterocycles. The minimum Gasteiger partial charge on any atom is -0.388 e. The summed E-state index contributed by atoms with van der Waals surface area (Å²) >= 11 is 0. The number of methoxy groups -OCH3 is 1. The number of ether oxygens (including phenoxy) is 1. The number of aliphatic hydroxyl groups is 1. The first-order chi connectivity index (χ1) is 9.24. The van der Waals surface area contributed by atoms with Crippen molar-refractivity contribution in [1.82, 2.24) is 4.98 Å². The second-order valence-corrected chi connectivity index (χ2v) is 5.41. The Balaban J connectivity index is 1.91. The van der Waals surface area contributed by atoms with Crippen molar-refractivity contribution in [3.63, 3.8) is 0 Å². The SMILES string of the molecule is COC1(CC(O)c2cncc3ccccc23)CCC1. The third kappa shape index (κ3) is 2.24. The summed E-state index contributed by atoms with van der Waals surface area (Å²) in [5.41, 5.74) is 0.775. The van der Waals surface area contributed by atoms with Gasteiger partial charge in [0.2, 0.25) is 0 Å². The second kappa shape index (κ2) is 4.91. The Morgan fingerprint density at radius 3 is 2.79 bits per heavy atom. The summed E-state index contributed by atoms with van der Waals surface area (Å²) in [4.78, 5) is 4.23. The van der Waals surface area contributed by atoms with E-state index < -0.39 is 6.10 Å². The van der Waals surface area contributed by atoms with Crippen molar-refractivity contribution < 1.29 is 9.84 Å².